The van der Waals surface area contributed by atoms with E-state index >= 15 is 0 Å². The smallest absolute Gasteiger partial charge is 0.387 e. The van der Waals surface area contributed by atoms with Gasteiger partial charge in [0.05, 0.1) is 12.2 Å². The van der Waals surface area contributed by atoms with Crippen LogP contribution in [0.15, 0.2) is 30.5 Å². The second-order valence-electron chi connectivity index (χ2n) is 6.16. The lowest BCUT2D eigenvalue weighted by Gasteiger charge is -2.29. The molecule has 2 heterocycles. The maximum Gasteiger partial charge on any atom is 0.387 e. The van der Waals surface area contributed by atoms with Crippen LogP contribution in [0.2, 0.25) is 5.02 Å². The number of ether oxygens (including phenoxy) is 1. The Balaban J connectivity index is 1.68. The van der Waals surface area contributed by atoms with E-state index in [1.165, 1.54) is 12.1 Å². The quantitative estimate of drug-likeness (QED) is 0.848. The Morgan fingerprint density at radius 2 is 2.00 bits per heavy atom. The molecule has 1 aliphatic rings. The highest BCUT2D eigenvalue weighted by atomic mass is 35.5. The molecule has 2 aromatic rings. The first-order valence-electron chi connectivity index (χ1n) is 8.27. The molecule has 1 aromatic heterocycles. The number of piperidine rings is 1. The van der Waals surface area contributed by atoms with Gasteiger partial charge in [-0.25, -0.2) is 0 Å². The van der Waals surface area contributed by atoms with E-state index in [-0.39, 0.29) is 5.75 Å². The zero-order valence-corrected chi connectivity index (χ0v) is 14.5. The summed E-state index contributed by atoms with van der Waals surface area (Å²) in [6, 6.07) is 6.61. The molecular weight excluding hydrogens is 350 g/mol. The number of benzene rings is 1. The third kappa shape index (κ3) is 4.90. The molecule has 0 spiro atoms. The molecule has 1 aromatic carbocycles. The molecule has 3 rings (SSSR count). The number of likely N-dealkylation sites (tertiary alicyclic amines) is 1. The summed E-state index contributed by atoms with van der Waals surface area (Å²) in [5.74, 6) is 0.0645. The van der Waals surface area contributed by atoms with E-state index in [1.54, 1.807) is 16.8 Å². The van der Waals surface area contributed by atoms with Crippen LogP contribution in [0.3, 0.4) is 0 Å². The van der Waals surface area contributed by atoms with E-state index in [2.05, 4.69) is 14.7 Å². The van der Waals surface area contributed by atoms with Gasteiger partial charge in [0.15, 0.2) is 0 Å². The fourth-order valence-electron chi connectivity index (χ4n) is 2.95. The normalized spacial score (nSPS) is 16.5. The zero-order chi connectivity index (χ0) is 17.8. The van der Waals surface area contributed by atoms with Gasteiger partial charge in [0.2, 0.25) is 0 Å². The van der Waals surface area contributed by atoms with Crippen molar-refractivity contribution in [1.82, 2.24) is 14.7 Å². The minimum Gasteiger partial charge on any atom is -0.434 e. The molecule has 136 valence electrons. The van der Waals surface area contributed by atoms with Crippen molar-refractivity contribution >= 4 is 11.6 Å². The van der Waals surface area contributed by atoms with Gasteiger partial charge in [-0.2, -0.15) is 13.9 Å². The average Bonchev–Trinajstić information content (AvgIpc) is 3.04. The first-order valence-corrected chi connectivity index (χ1v) is 8.65. The van der Waals surface area contributed by atoms with Crippen molar-refractivity contribution in [1.29, 1.82) is 0 Å². The predicted molar refractivity (Wildman–Crippen MR) is 93.0 cm³/mol. The Bertz CT molecular complexity index is 702. The van der Waals surface area contributed by atoms with Crippen LogP contribution in [0.25, 0.3) is 11.3 Å². The molecule has 2 N–H and O–H groups in total. The molecule has 5 nitrogen and oxygen atoms in total. The lowest BCUT2D eigenvalue weighted by atomic mass is 10.1. The van der Waals surface area contributed by atoms with Crippen LogP contribution < -0.4 is 10.5 Å². The second-order valence-corrected chi connectivity index (χ2v) is 6.60. The molecular formula is C17H21ClF2N4O. The topological polar surface area (TPSA) is 56.3 Å². The van der Waals surface area contributed by atoms with Crippen LogP contribution in [0.4, 0.5) is 8.78 Å². The number of rotatable bonds is 6. The molecule has 1 aliphatic heterocycles. The van der Waals surface area contributed by atoms with Gasteiger partial charge in [0.25, 0.3) is 0 Å². The minimum atomic E-state index is -2.90. The Morgan fingerprint density at radius 1 is 1.24 bits per heavy atom. The van der Waals surface area contributed by atoms with Crippen LogP contribution >= 0.6 is 11.6 Å². The summed E-state index contributed by atoms with van der Waals surface area (Å²) in [6.07, 6.45) is 3.86. The lowest BCUT2D eigenvalue weighted by molar-refractivity contribution is -0.0494. The number of hydrogen-bond donors (Lipinski definition) is 1. The molecule has 25 heavy (non-hydrogen) atoms. The number of aromatic nitrogens is 2. The lowest BCUT2D eigenvalue weighted by Crippen LogP contribution is -2.40. The van der Waals surface area contributed by atoms with E-state index in [0.717, 1.165) is 39.0 Å². The van der Waals surface area contributed by atoms with E-state index < -0.39 is 6.61 Å². The number of alkyl halides is 2. The van der Waals surface area contributed by atoms with Gasteiger partial charge in [0.1, 0.15) is 5.75 Å². The third-order valence-electron chi connectivity index (χ3n) is 4.35. The summed E-state index contributed by atoms with van der Waals surface area (Å²) >= 11 is 5.99. The Hall–Kier alpha value is -1.70. The minimum absolute atomic E-state index is 0.0645. The van der Waals surface area contributed by atoms with Crippen molar-refractivity contribution in [2.45, 2.75) is 32.0 Å². The standard InChI is InChI=1S/C17H21ClF2N4O/c18-12-1-2-16(25-17(19)20)14(11-12)15-5-8-24(22-15)10-9-23-6-3-13(21)4-7-23/h1-2,5,8,11,13,17H,3-4,6-7,9-10,21H2. The van der Waals surface area contributed by atoms with Crippen LogP contribution in [-0.2, 0) is 6.54 Å². The van der Waals surface area contributed by atoms with E-state index in [9.17, 15) is 8.78 Å². The predicted octanol–water partition coefficient (Wildman–Crippen LogP) is 3.23. The molecule has 0 amide bonds. The summed E-state index contributed by atoms with van der Waals surface area (Å²) in [5.41, 5.74) is 6.92. The molecule has 8 heteroatoms. The van der Waals surface area contributed by atoms with Gasteiger partial charge in [0, 0.05) is 29.4 Å². The second kappa shape index (κ2) is 8.12. The van der Waals surface area contributed by atoms with Gasteiger partial charge in [-0.15, -0.1) is 0 Å². The highest BCUT2D eigenvalue weighted by molar-refractivity contribution is 6.30. The molecule has 0 atom stereocenters. The molecule has 0 bridgehead atoms. The van der Waals surface area contributed by atoms with Gasteiger partial charge in [-0.05, 0) is 50.2 Å². The van der Waals surface area contributed by atoms with Gasteiger partial charge >= 0.3 is 6.61 Å². The largest absolute Gasteiger partial charge is 0.434 e. The zero-order valence-electron chi connectivity index (χ0n) is 13.7. The number of nitrogens with zero attached hydrogens (tertiary/aromatic N) is 3. The maximum atomic E-state index is 12.6. The molecule has 0 saturated carbocycles. The van der Waals surface area contributed by atoms with Crippen LogP contribution in [0.5, 0.6) is 5.75 Å². The van der Waals surface area contributed by atoms with E-state index in [1.807, 2.05) is 6.20 Å². The fourth-order valence-corrected chi connectivity index (χ4v) is 3.12. The van der Waals surface area contributed by atoms with Crippen molar-refractivity contribution in [3.8, 4) is 17.0 Å². The SMILES string of the molecule is NC1CCN(CCn2ccc(-c3cc(Cl)ccc3OC(F)F)n2)CC1. The fraction of sp³-hybridized carbons (Fsp3) is 0.471. The average molecular weight is 371 g/mol. The van der Waals surface area contributed by atoms with Gasteiger partial charge < -0.3 is 15.4 Å². The van der Waals surface area contributed by atoms with E-state index in [4.69, 9.17) is 17.3 Å². The van der Waals surface area contributed by atoms with Crippen LogP contribution in [-0.4, -0.2) is 47.0 Å². The monoisotopic (exact) mass is 370 g/mol. The summed E-state index contributed by atoms with van der Waals surface area (Å²) in [7, 11) is 0. The van der Waals surface area contributed by atoms with Crippen LogP contribution in [0, 0.1) is 0 Å². The Kier molecular flexibility index (Phi) is 5.88. The van der Waals surface area contributed by atoms with Gasteiger partial charge in [-0.3, -0.25) is 4.68 Å². The molecule has 1 fully saturated rings. The number of nitrogens with two attached hydrogens (primary N) is 1. The molecule has 1 saturated heterocycles. The van der Waals surface area contributed by atoms with E-state index in [0.29, 0.717) is 22.3 Å². The van der Waals surface area contributed by atoms with Crippen molar-refractivity contribution in [3.05, 3.63) is 35.5 Å². The first kappa shape index (κ1) is 18.1. The van der Waals surface area contributed by atoms with Crippen molar-refractivity contribution < 1.29 is 13.5 Å². The van der Waals surface area contributed by atoms with Crippen molar-refractivity contribution in [2.24, 2.45) is 5.73 Å². The summed E-state index contributed by atoms with van der Waals surface area (Å²) in [6.45, 7) is 0.698. The molecule has 0 aliphatic carbocycles. The summed E-state index contributed by atoms with van der Waals surface area (Å²) in [4.78, 5) is 2.36. The molecule has 0 unspecified atom stereocenters. The third-order valence-corrected chi connectivity index (χ3v) is 4.59. The maximum absolute atomic E-state index is 12.6. The highest BCUT2D eigenvalue weighted by Gasteiger charge is 2.17. The van der Waals surface area contributed by atoms with Crippen molar-refractivity contribution in [2.75, 3.05) is 19.6 Å². The van der Waals surface area contributed by atoms with Crippen molar-refractivity contribution in [3.63, 3.8) is 0 Å². The highest BCUT2D eigenvalue weighted by Crippen LogP contribution is 2.32. The van der Waals surface area contributed by atoms with Crippen LogP contribution in [0.1, 0.15) is 12.8 Å². The number of hydrogen-bond acceptors (Lipinski definition) is 4. The molecule has 0 radical (unpaired) electrons. The number of halogens is 3. The summed E-state index contributed by atoms with van der Waals surface area (Å²) < 4.78 is 31.5. The Labute approximate surface area is 150 Å². The summed E-state index contributed by atoms with van der Waals surface area (Å²) in [5, 5.41) is 4.91. The first-order chi connectivity index (χ1) is 12.0. The Morgan fingerprint density at radius 3 is 2.72 bits per heavy atom. The van der Waals surface area contributed by atoms with Gasteiger partial charge in [-0.1, -0.05) is 11.6 Å².